The van der Waals surface area contributed by atoms with Gasteiger partial charge >= 0.3 is 29.6 Å². The van der Waals surface area contributed by atoms with E-state index in [1.165, 1.54) is 0 Å². The predicted octanol–water partition coefficient (Wildman–Crippen LogP) is -1.99. The first-order valence-corrected chi connectivity index (χ1v) is 3.21. The van der Waals surface area contributed by atoms with Gasteiger partial charge in [-0.3, -0.25) is 0 Å². The van der Waals surface area contributed by atoms with Gasteiger partial charge in [0.25, 0.3) is 0 Å². The Morgan fingerprint density at radius 1 is 1.00 bits per heavy atom. The van der Waals surface area contributed by atoms with E-state index in [-0.39, 0.29) is 35.5 Å². The smallest absolute Gasteiger partial charge is 0.312 e. The summed E-state index contributed by atoms with van der Waals surface area (Å²) < 4.78 is 0. The normalized spacial score (nSPS) is 8.00. The monoisotopic (exact) mass is 170 g/mol. The van der Waals surface area contributed by atoms with E-state index in [2.05, 4.69) is 0 Å². The average molecular weight is 170 g/mol. The number of aldehydes is 2. The van der Waals surface area contributed by atoms with Crippen LogP contribution in [0.4, 0.5) is 0 Å². The molecule has 0 saturated heterocycles. The van der Waals surface area contributed by atoms with Crippen LogP contribution >= 0.6 is 0 Å². The molecule has 2 nitrogen and oxygen atoms in total. The second kappa shape index (κ2) is 6.00. The molecule has 0 spiro atoms. The van der Waals surface area contributed by atoms with Crippen molar-refractivity contribution < 1.29 is 39.1 Å². The summed E-state index contributed by atoms with van der Waals surface area (Å²) in [7, 11) is 0. The van der Waals surface area contributed by atoms with Gasteiger partial charge in [-0.2, -0.15) is 17.7 Å². The fraction of sp³-hybridized carbons (Fsp3) is 0. The van der Waals surface area contributed by atoms with Crippen LogP contribution in [0, 0.1) is 5.92 Å². The van der Waals surface area contributed by atoms with Crippen LogP contribution in [0.5, 0.6) is 0 Å². The van der Waals surface area contributed by atoms with E-state index in [0.29, 0.717) is 18.1 Å². The van der Waals surface area contributed by atoms with Crippen molar-refractivity contribution in [3.63, 3.8) is 0 Å². The summed E-state index contributed by atoms with van der Waals surface area (Å²) in [6.07, 6.45) is 1.12. The molecule has 0 N–H and O–H groups in total. The summed E-state index contributed by atoms with van der Waals surface area (Å²) in [5.41, 5.74) is 0.664. The molecule has 0 radical (unpaired) electrons. The molecule has 1 aromatic rings. The SMILES string of the molecule is O=C[C-](C=O)c1ccccc1.[Na+]. The van der Waals surface area contributed by atoms with E-state index < -0.39 is 0 Å². The third kappa shape index (κ3) is 2.81. The van der Waals surface area contributed by atoms with Crippen molar-refractivity contribution in [3.8, 4) is 0 Å². The molecule has 56 valence electrons. The maximum atomic E-state index is 10.3. The molecule has 0 unspecified atom stereocenters. The summed E-state index contributed by atoms with van der Waals surface area (Å²) in [5, 5.41) is 0. The Morgan fingerprint density at radius 2 is 1.50 bits per heavy atom. The van der Waals surface area contributed by atoms with Crippen LogP contribution in [-0.2, 0) is 9.59 Å². The molecular weight excluding hydrogens is 163 g/mol. The van der Waals surface area contributed by atoms with Crippen molar-refractivity contribution in [3.05, 3.63) is 41.8 Å². The molecule has 0 atom stereocenters. The zero-order chi connectivity index (χ0) is 8.10. The van der Waals surface area contributed by atoms with Crippen LogP contribution in [0.2, 0.25) is 0 Å². The first-order chi connectivity index (χ1) is 5.38. The minimum atomic E-state index is 0. The first kappa shape index (κ1) is 11.4. The number of carbonyl (C=O) groups excluding carboxylic acids is 2. The van der Waals surface area contributed by atoms with Crippen LogP contribution < -0.4 is 29.6 Å². The standard InChI is InChI=1S/C9H7O2.Na/c10-6-9(7-11)8-4-2-1-3-5-8;/h1-7H;/q-1;+1. The summed E-state index contributed by atoms with van der Waals surface area (Å²) in [4.78, 5) is 20.5. The van der Waals surface area contributed by atoms with Gasteiger partial charge in [-0.25, -0.2) is 0 Å². The number of rotatable bonds is 3. The fourth-order valence-electron chi connectivity index (χ4n) is 0.794. The van der Waals surface area contributed by atoms with Crippen molar-refractivity contribution >= 4 is 12.6 Å². The van der Waals surface area contributed by atoms with Crippen molar-refractivity contribution in [2.75, 3.05) is 0 Å². The largest absolute Gasteiger partial charge is 1.00 e. The van der Waals surface area contributed by atoms with Crippen LogP contribution in [-0.4, -0.2) is 12.6 Å². The van der Waals surface area contributed by atoms with Gasteiger partial charge in [-0.1, -0.05) is 6.07 Å². The molecule has 0 aliphatic carbocycles. The van der Waals surface area contributed by atoms with Crippen molar-refractivity contribution in [2.24, 2.45) is 0 Å². The van der Waals surface area contributed by atoms with Gasteiger partial charge in [0.05, 0.1) is 12.6 Å². The van der Waals surface area contributed by atoms with Gasteiger partial charge in [-0.15, -0.1) is 12.1 Å². The van der Waals surface area contributed by atoms with Crippen molar-refractivity contribution in [1.29, 1.82) is 0 Å². The minimum Gasteiger partial charge on any atom is -0.312 e. The molecule has 1 rings (SSSR count). The minimum absolute atomic E-state index is 0. The van der Waals surface area contributed by atoms with Crippen LogP contribution in [0.1, 0.15) is 5.56 Å². The molecule has 1 aromatic carbocycles. The molecule has 0 aromatic heterocycles. The second-order valence-electron chi connectivity index (χ2n) is 2.06. The molecule has 3 heteroatoms. The van der Waals surface area contributed by atoms with E-state index in [1.807, 2.05) is 6.07 Å². The van der Waals surface area contributed by atoms with Crippen molar-refractivity contribution in [1.82, 2.24) is 0 Å². The van der Waals surface area contributed by atoms with Gasteiger partial charge < -0.3 is 9.59 Å². The van der Waals surface area contributed by atoms with E-state index in [1.54, 1.807) is 24.3 Å². The Morgan fingerprint density at radius 3 is 1.92 bits per heavy atom. The van der Waals surface area contributed by atoms with Gasteiger partial charge in [-0.05, 0) is 5.92 Å². The van der Waals surface area contributed by atoms with Gasteiger partial charge in [0.15, 0.2) is 0 Å². The first-order valence-electron chi connectivity index (χ1n) is 3.21. The summed E-state index contributed by atoms with van der Waals surface area (Å²) in [6.45, 7) is 0. The quantitative estimate of drug-likeness (QED) is 0.228. The molecule has 0 amide bonds. The molecular formula is C9H7NaO2. The number of benzene rings is 1. The Labute approximate surface area is 93.3 Å². The Bertz CT molecular complexity index is 238. The number of hydrogen-bond acceptors (Lipinski definition) is 2. The van der Waals surface area contributed by atoms with E-state index in [9.17, 15) is 9.59 Å². The molecule has 0 aliphatic heterocycles. The predicted molar refractivity (Wildman–Crippen MR) is 40.9 cm³/mol. The molecule has 0 aliphatic rings. The van der Waals surface area contributed by atoms with Crippen LogP contribution in [0.3, 0.4) is 0 Å². The summed E-state index contributed by atoms with van der Waals surface area (Å²) in [5.74, 6) is 0.186. The zero-order valence-electron chi connectivity index (χ0n) is 6.86. The van der Waals surface area contributed by atoms with Gasteiger partial charge in [0.1, 0.15) is 0 Å². The third-order valence-corrected chi connectivity index (χ3v) is 1.36. The van der Waals surface area contributed by atoms with Crippen LogP contribution in [0.25, 0.3) is 0 Å². The summed E-state index contributed by atoms with van der Waals surface area (Å²) >= 11 is 0. The maximum absolute atomic E-state index is 10.3. The molecule has 0 heterocycles. The number of hydrogen-bond donors (Lipinski definition) is 0. The topological polar surface area (TPSA) is 34.1 Å². The Hall–Kier alpha value is -0.570. The Balaban J connectivity index is 0.00000121. The fourth-order valence-corrected chi connectivity index (χ4v) is 0.794. The molecule has 0 bridgehead atoms. The van der Waals surface area contributed by atoms with E-state index >= 15 is 0 Å². The molecule has 12 heavy (non-hydrogen) atoms. The third-order valence-electron chi connectivity index (χ3n) is 1.36. The van der Waals surface area contributed by atoms with E-state index in [0.717, 1.165) is 0 Å². The maximum Gasteiger partial charge on any atom is 1.00 e. The van der Waals surface area contributed by atoms with Crippen LogP contribution in [0.15, 0.2) is 30.3 Å². The Kier molecular flexibility index (Phi) is 5.72. The second-order valence-corrected chi connectivity index (χ2v) is 2.06. The number of carbonyl (C=O) groups is 2. The van der Waals surface area contributed by atoms with Gasteiger partial charge in [0, 0.05) is 0 Å². The average Bonchev–Trinajstić information content (AvgIpc) is 2.09. The van der Waals surface area contributed by atoms with Gasteiger partial charge in [0.2, 0.25) is 0 Å². The summed E-state index contributed by atoms with van der Waals surface area (Å²) in [6, 6.07) is 8.83. The zero-order valence-corrected chi connectivity index (χ0v) is 8.86. The molecule has 0 fully saturated rings. The van der Waals surface area contributed by atoms with E-state index in [4.69, 9.17) is 0 Å². The molecule has 0 saturated carbocycles. The van der Waals surface area contributed by atoms with Crippen molar-refractivity contribution in [2.45, 2.75) is 0 Å².